The van der Waals surface area contributed by atoms with E-state index < -0.39 is 0 Å². The van der Waals surface area contributed by atoms with E-state index in [1.807, 2.05) is 54.6 Å². The molecule has 0 saturated heterocycles. The van der Waals surface area contributed by atoms with Crippen molar-refractivity contribution in [3.05, 3.63) is 83.7 Å². The fourth-order valence-electron chi connectivity index (χ4n) is 2.63. The minimum atomic E-state index is -0.0129. The summed E-state index contributed by atoms with van der Waals surface area (Å²) in [5.74, 6) is 0.806. The molecule has 4 rings (SSSR count). The highest BCUT2D eigenvalue weighted by molar-refractivity contribution is 5.95. The summed E-state index contributed by atoms with van der Waals surface area (Å²) in [5, 5.41) is 6.29. The first-order chi connectivity index (χ1) is 12.3. The zero-order valence-corrected chi connectivity index (χ0v) is 13.8. The molecule has 0 aromatic heterocycles. The van der Waals surface area contributed by atoms with Crippen LogP contribution in [0.2, 0.25) is 0 Å². The van der Waals surface area contributed by atoms with Gasteiger partial charge in [-0.25, -0.2) is 0 Å². The van der Waals surface area contributed by atoms with Crippen molar-refractivity contribution in [2.24, 2.45) is 0 Å². The molecule has 1 aliphatic heterocycles. The van der Waals surface area contributed by atoms with E-state index in [-0.39, 0.29) is 5.91 Å². The summed E-state index contributed by atoms with van der Waals surface area (Å²) in [7, 11) is 0. The molecule has 1 fully saturated rings. The Bertz CT molecular complexity index is 838. The lowest BCUT2D eigenvalue weighted by molar-refractivity contribution is 0.0951. The lowest BCUT2D eigenvalue weighted by Gasteiger charge is -2.21. The van der Waals surface area contributed by atoms with Gasteiger partial charge in [-0.05, 0) is 48.8 Å². The third-order valence-corrected chi connectivity index (χ3v) is 4.15. The van der Waals surface area contributed by atoms with Crippen molar-refractivity contribution in [3.63, 3.8) is 0 Å². The largest absolute Gasteiger partial charge is 0.349 e. The molecule has 2 aliphatic rings. The van der Waals surface area contributed by atoms with Gasteiger partial charge in [0.25, 0.3) is 5.91 Å². The van der Waals surface area contributed by atoms with Gasteiger partial charge in [-0.15, -0.1) is 0 Å². The molecule has 2 aromatic carbocycles. The number of allylic oxidation sites excluding steroid dienone is 2. The van der Waals surface area contributed by atoms with Gasteiger partial charge in [0.2, 0.25) is 0 Å². The summed E-state index contributed by atoms with van der Waals surface area (Å²) in [4.78, 5) is 12.1. The van der Waals surface area contributed by atoms with Crippen molar-refractivity contribution in [3.8, 4) is 0 Å². The van der Waals surface area contributed by atoms with Gasteiger partial charge in [0.15, 0.2) is 0 Å². The Balaban J connectivity index is 1.44. The van der Waals surface area contributed by atoms with E-state index in [9.17, 15) is 4.79 Å². The SMILES string of the molecule is O=C(NC1CC1)c1cccc(NC2=CC=C(c3ccccc3)NN2)c1. The molecular formula is C20H20N4O. The van der Waals surface area contributed by atoms with Crippen LogP contribution in [0.5, 0.6) is 0 Å². The molecule has 0 spiro atoms. The molecular weight excluding hydrogens is 312 g/mol. The Kier molecular flexibility index (Phi) is 4.12. The molecule has 4 N–H and O–H groups in total. The number of rotatable bonds is 5. The van der Waals surface area contributed by atoms with Crippen molar-refractivity contribution in [1.82, 2.24) is 16.2 Å². The van der Waals surface area contributed by atoms with Crippen molar-refractivity contribution in [1.29, 1.82) is 0 Å². The second-order valence-electron chi connectivity index (χ2n) is 6.23. The van der Waals surface area contributed by atoms with Crippen molar-refractivity contribution in [2.45, 2.75) is 18.9 Å². The molecule has 2 aromatic rings. The van der Waals surface area contributed by atoms with Gasteiger partial charge in [0.05, 0.1) is 5.70 Å². The maximum absolute atomic E-state index is 12.1. The zero-order chi connectivity index (χ0) is 17.1. The smallest absolute Gasteiger partial charge is 0.251 e. The van der Waals surface area contributed by atoms with Crippen LogP contribution in [0, 0.1) is 0 Å². The van der Waals surface area contributed by atoms with E-state index in [0.717, 1.165) is 35.6 Å². The summed E-state index contributed by atoms with van der Waals surface area (Å²) >= 11 is 0. The predicted octanol–water partition coefficient (Wildman–Crippen LogP) is 2.98. The van der Waals surface area contributed by atoms with E-state index in [2.05, 4.69) is 33.6 Å². The average Bonchev–Trinajstić information content (AvgIpc) is 3.47. The van der Waals surface area contributed by atoms with Gasteiger partial charge >= 0.3 is 0 Å². The lowest BCUT2D eigenvalue weighted by atomic mass is 10.1. The molecule has 1 heterocycles. The van der Waals surface area contributed by atoms with Crippen LogP contribution in [0.3, 0.4) is 0 Å². The van der Waals surface area contributed by atoms with Crippen LogP contribution in [-0.4, -0.2) is 11.9 Å². The molecule has 0 unspecified atom stereocenters. The van der Waals surface area contributed by atoms with Gasteiger partial charge in [0.1, 0.15) is 5.82 Å². The number of carbonyl (C=O) groups is 1. The Hall–Kier alpha value is -3.21. The molecule has 0 atom stereocenters. The Morgan fingerprint density at radius 3 is 2.52 bits per heavy atom. The molecule has 0 bridgehead atoms. The molecule has 1 amide bonds. The van der Waals surface area contributed by atoms with E-state index in [1.54, 1.807) is 0 Å². The van der Waals surface area contributed by atoms with Crippen molar-refractivity contribution >= 4 is 17.3 Å². The first-order valence-corrected chi connectivity index (χ1v) is 8.45. The van der Waals surface area contributed by atoms with Gasteiger partial charge in [-0.2, -0.15) is 0 Å². The van der Waals surface area contributed by atoms with Crippen LogP contribution >= 0.6 is 0 Å². The third-order valence-electron chi connectivity index (χ3n) is 4.15. The molecule has 1 aliphatic carbocycles. The van der Waals surface area contributed by atoms with Crippen LogP contribution < -0.4 is 21.5 Å². The fraction of sp³-hybridized carbons (Fsp3) is 0.150. The van der Waals surface area contributed by atoms with Crippen LogP contribution in [-0.2, 0) is 0 Å². The number of hydrazine groups is 1. The molecule has 0 radical (unpaired) electrons. The quantitative estimate of drug-likeness (QED) is 0.680. The highest BCUT2D eigenvalue weighted by atomic mass is 16.1. The van der Waals surface area contributed by atoms with Gasteiger partial charge in [-0.1, -0.05) is 36.4 Å². The predicted molar refractivity (Wildman–Crippen MR) is 99.3 cm³/mol. The maximum atomic E-state index is 12.1. The minimum Gasteiger partial charge on any atom is -0.349 e. The monoisotopic (exact) mass is 332 g/mol. The Labute approximate surface area is 146 Å². The highest BCUT2D eigenvalue weighted by Gasteiger charge is 2.23. The van der Waals surface area contributed by atoms with E-state index >= 15 is 0 Å². The Morgan fingerprint density at radius 1 is 0.960 bits per heavy atom. The molecule has 25 heavy (non-hydrogen) atoms. The zero-order valence-electron chi connectivity index (χ0n) is 13.8. The fourth-order valence-corrected chi connectivity index (χ4v) is 2.63. The minimum absolute atomic E-state index is 0.0129. The molecule has 126 valence electrons. The summed E-state index contributed by atoms with van der Waals surface area (Å²) in [6.45, 7) is 0. The number of anilines is 1. The third kappa shape index (κ3) is 3.83. The second-order valence-corrected chi connectivity index (χ2v) is 6.23. The topological polar surface area (TPSA) is 65.2 Å². The highest BCUT2D eigenvalue weighted by Crippen LogP contribution is 2.20. The van der Waals surface area contributed by atoms with Crippen molar-refractivity contribution in [2.75, 3.05) is 5.32 Å². The number of hydrogen-bond acceptors (Lipinski definition) is 4. The van der Waals surface area contributed by atoms with Gasteiger partial charge in [-0.3, -0.25) is 15.6 Å². The van der Waals surface area contributed by atoms with Gasteiger partial charge < -0.3 is 10.6 Å². The second kappa shape index (κ2) is 6.73. The molecule has 1 saturated carbocycles. The first kappa shape index (κ1) is 15.3. The molecule has 5 nitrogen and oxygen atoms in total. The molecule has 5 heteroatoms. The maximum Gasteiger partial charge on any atom is 0.251 e. The Morgan fingerprint density at radius 2 is 1.80 bits per heavy atom. The van der Waals surface area contributed by atoms with E-state index in [0.29, 0.717) is 11.6 Å². The summed E-state index contributed by atoms with van der Waals surface area (Å²) in [5.41, 5.74) is 9.96. The number of amides is 1. The standard InChI is InChI=1S/C20H20N4O/c25-20(22-16-9-10-16)15-7-4-8-17(13-15)21-19-12-11-18(23-24-19)14-5-2-1-3-6-14/h1-8,11-13,16,21,23-24H,9-10H2,(H,22,25). The first-order valence-electron chi connectivity index (χ1n) is 8.45. The summed E-state index contributed by atoms with van der Waals surface area (Å²) < 4.78 is 0. The normalized spacial score (nSPS) is 16.0. The van der Waals surface area contributed by atoms with Gasteiger partial charge in [0, 0.05) is 17.3 Å². The summed E-state index contributed by atoms with van der Waals surface area (Å²) in [6, 6.07) is 18.0. The summed E-state index contributed by atoms with van der Waals surface area (Å²) in [6.07, 6.45) is 6.15. The van der Waals surface area contributed by atoms with Crippen LogP contribution in [0.1, 0.15) is 28.8 Å². The lowest BCUT2D eigenvalue weighted by Crippen LogP contribution is -2.35. The van der Waals surface area contributed by atoms with Crippen LogP contribution in [0.15, 0.2) is 72.6 Å². The number of carbonyl (C=O) groups excluding carboxylic acids is 1. The van der Waals surface area contributed by atoms with Crippen LogP contribution in [0.25, 0.3) is 5.70 Å². The van der Waals surface area contributed by atoms with E-state index in [1.165, 1.54) is 0 Å². The number of hydrogen-bond donors (Lipinski definition) is 4. The number of nitrogens with one attached hydrogen (secondary N) is 4. The van der Waals surface area contributed by atoms with E-state index in [4.69, 9.17) is 0 Å². The van der Waals surface area contributed by atoms with Crippen molar-refractivity contribution < 1.29 is 4.79 Å². The average molecular weight is 332 g/mol. The number of benzene rings is 2. The van der Waals surface area contributed by atoms with Crippen LogP contribution in [0.4, 0.5) is 5.69 Å².